The molecule has 0 unspecified atom stereocenters. The van der Waals surface area contributed by atoms with Crippen LogP contribution in [0.4, 0.5) is 0 Å². The van der Waals surface area contributed by atoms with E-state index in [-0.39, 0.29) is 17.0 Å². The summed E-state index contributed by atoms with van der Waals surface area (Å²) in [5, 5.41) is 0. The fourth-order valence-electron chi connectivity index (χ4n) is 2.02. The van der Waals surface area contributed by atoms with Gasteiger partial charge in [-0.05, 0) is 36.7 Å². The number of hydrogen-bond donors (Lipinski definition) is 0. The summed E-state index contributed by atoms with van der Waals surface area (Å²) in [6, 6.07) is 4.19. The molecule has 3 nitrogen and oxygen atoms in total. The van der Waals surface area contributed by atoms with E-state index in [1.165, 1.54) is 11.1 Å². The number of ether oxygens (including phenoxy) is 2. The number of rotatable bonds is 2. The van der Waals surface area contributed by atoms with Crippen molar-refractivity contribution in [3.63, 3.8) is 0 Å². The van der Waals surface area contributed by atoms with E-state index in [1.807, 2.05) is 0 Å². The quantitative estimate of drug-likeness (QED) is 0.833. The van der Waals surface area contributed by atoms with Gasteiger partial charge < -0.3 is 14.4 Å². The second-order valence-electron chi connectivity index (χ2n) is 3.96. The molecule has 90 valence electrons. The largest absolute Gasteiger partial charge is 0.493 e. The second-order valence-corrected chi connectivity index (χ2v) is 3.96. The van der Waals surface area contributed by atoms with Crippen LogP contribution in [-0.2, 0) is 13.0 Å². The molecule has 2 rings (SSSR count). The summed E-state index contributed by atoms with van der Waals surface area (Å²) in [5.74, 6) is 1.66. The van der Waals surface area contributed by atoms with Crippen LogP contribution in [0.2, 0.25) is 0 Å². The van der Waals surface area contributed by atoms with Gasteiger partial charge >= 0.3 is 0 Å². The zero-order chi connectivity index (χ0) is 10.8. The molecule has 1 aromatic carbocycles. The smallest absolute Gasteiger partial charge is 0.161 e. The number of methoxy groups -OCH3 is 2. The van der Waals surface area contributed by atoms with Crippen molar-refractivity contribution < 1.29 is 9.47 Å². The van der Waals surface area contributed by atoms with Crippen molar-refractivity contribution in [1.29, 1.82) is 0 Å². The van der Waals surface area contributed by atoms with E-state index in [2.05, 4.69) is 24.1 Å². The first-order valence-electron chi connectivity index (χ1n) is 5.17. The van der Waals surface area contributed by atoms with Gasteiger partial charge in [0, 0.05) is 13.1 Å². The highest BCUT2D eigenvalue weighted by atomic mass is 79.9. The average molecular weight is 288 g/mol. The van der Waals surface area contributed by atoms with Crippen LogP contribution >= 0.6 is 17.0 Å². The Morgan fingerprint density at radius 3 is 2.19 bits per heavy atom. The summed E-state index contributed by atoms with van der Waals surface area (Å²) in [5.41, 5.74) is 2.73. The fourth-order valence-corrected chi connectivity index (χ4v) is 2.02. The third-order valence-corrected chi connectivity index (χ3v) is 2.91. The molecule has 0 spiro atoms. The first kappa shape index (κ1) is 13.3. The van der Waals surface area contributed by atoms with Gasteiger partial charge in [-0.15, -0.1) is 17.0 Å². The molecule has 0 radical (unpaired) electrons. The van der Waals surface area contributed by atoms with Crippen LogP contribution in [0.1, 0.15) is 11.1 Å². The van der Waals surface area contributed by atoms with Crippen LogP contribution in [0, 0.1) is 0 Å². The molecule has 0 fully saturated rings. The minimum absolute atomic E-state index is 0. The molecule has 4 heteroatoms. The summed E-state index contributed by atoms with van der Waals surface area (Å²) in [6.45, 7) is 2.11. The molecule has 0 aromatic heterocycles. The molecule has 1 aliphatic rings. The van der Waals surface area contributed by atoms with Crippen LogP contribution in [0.3, 0.4) is 0 Å². The SMILES string of the molecule is Br.COc1cc2c(cc1OC)CN(C)CC2. The Balaban J connectivity index is 0.00000128. The van der Waals surface area contributed by atoms with Crippen molar-refractivity contribution in [3.05, 3.63) is 23.3 Å². The molecular formula is C12H18BrNO2. The van der Waals surface area contributed by atoms with Crippen LogP contribution in [0.25, 0.3) is 0 Å². The first-order chi connectivity index (χ1) is 7.24. The van der Waals surface area contributed by atoms with Crippen molar-refractivity contribution in [2.45, 2.75) is 13.0 Å². The van der Waals surface area contributed by atoms with E-state index in [0.717, 1.165) is 31.0 Å². The zero-order valence-electron chi connectivity index (χ0n) is 9.95. The van der Waals surface area contributed by atoms with Crippen LogP contribution in [0.5, 0.6) is 11.5 Å². The maximum atomic E-state index is 5.29. The Kier molecular flexibility index (Phi) is 4.62. The lowest BCUT2D eigenvalue weighted by Gasteiger charge is -2.26. The molecule has 0 atom stereocenters. The van der Waals surface area contributed by atoms with Gasteiger partial charge in [-0.3, -0.25) is 0 Å². The van der Waals surface area contributed by atoms with Crippen LogP contribution in [0.15, 0.2) is 12.1 Å². The molecule has 0 saturated heterocycles. The van der Waals surface area contributed by atoms with Gasteiger partial charge in [-0.1, -0.05) is 0 Å². The highest BCUT2D eigenvalue weighted by Crippen LogP contribution is 2.32. The number of halogens is 1. The lowest BCUT2D eigenvalue weighted by Crippen LogP contribution is -2.26. The number of likely N-dealkylation sites (N-methyl/N-ethyl adjacent to an activating group) is 1. The van der Waals surface area contributed by atoms with Crippen LogP contribution in [-0.4, -0.2) is 32.7 Å². The molecule has 1 heterocycles. The molecule has 0 bridgehead atoms. The van der Waals surface area contributed by atoms with Gasteiger partial charge in [0.2, 0.25) is 0 Å². The van der Waals surface area contributed by atoms with Crippen molar-refractivity contribution in [2.24, 2.45) is 0 Å². The second kappa shape index (κ2) is 5.55. The van der Waals surface area contributed by atoms with Crippen LogP contribution < -0.4 is 9.47 Å². The number of benzene rings is 1. The monoisotopic (exact) mass is 287 g/mol. The highest BCUT2D eigenvalue weighted by Gasteiger charge is 2.16. The van der Waals surface area contributed by atoms with E-state index in [4.69, 9.17) is 9.47 Å². The standard InChI is InChI=1S/C12H17NO2.BrH/c1-13-5-4-9-6-11(14-2)12(15-3)7-10(9)8-13;/h6-7H,4-5,8H2,1-3H3;1H. The third kappa shape index (κ3) is 2.50. The predicted molar refractivity (Wildman–Crippen MR) is 69.9 cm³/mol. The lowest BCUT2D eigenvalue weighted by molar-refractivity contribution is 0.308. The maximum absolute atomic E-state index is 5.29. The van der Waals surface area contributed by atoms with Gasteiger partial charge in [-0.2, -0.15) is 0 Å². The van der Waals surface area contributed by atoms with Gasteiger partial charge in [0.1, 0.15) is 0 Å². The lowest BCUT2D eigenvalue weighted by atomic mass is 9.99. The number of nitrogens with zero attached hydrogens (tertiary/aromatic N) is 1. The minimum Gasteiger partial charge on any atom is -0.493 e. The van der Waals surface area contributed by atoms with Crippen molar-refractivity contribution in [3.8, 4) is 11.5 Å². The predicted octanol–water partition coefficient (Wildman–Crippen LogP) is 2.27. The molecule has 0 amide bonds. The molecule has 0 N–H and O–H groups in total. The summed E-state index contributed by atoms with van der Waals surface area (Å²) in [6.07, 6.45) is 1.09. The summed E-state index contributed by atoms with van der Waals surface area (Å²) < 4.78 is 10.6. The third-order valence-electron chi connectivity index (χ3n) is 2.91. The molecular weight excluding hydrogens is 270 g/mol. The minimum atomic E-state index is 0. The van der Waals surface area contributed by atoms with E-state index in [1.54, 1.807) is 14.2 Å². The first-order valence-corrected chi connectivity index (χ1v) is 5.17. The van der Waals surface area contributed by atoms with Crippen molar-refractivity contribution in [2.75, 3.05) is 27.8 Å². The van der Waals surface area contributed by atoms with Gasteiger partial charge in [0.25, 0.3) is 0 Å². The average Bonchev–Trinajstić information content (AvgIpc) is 2.27. The van der Waals surface area contributed by atoms with Gasteiger partial charge in [-0.25, -0.2) is 0 Å². The maximum Gasteiger partial charge on any atom is 0.161 e. The van der Waals surface area contributed by atoms with E-state index in [9.17, 15) is 0 Å². The summed E-state index contributed by atoms with van der Waals surface area (Å²) >= 11 is 0. The summed E-state index contributed by atoms with van der Waals surface area (Å²) in [4.78, 5) is 2.31. The van der Waals surface area contributed by atoms with Crippen molar-refractivity contribution >= 4 is 17.0 Å². The Labute approximate surface area is 107 Å². The molecule has 16 heavy (non-hydrogen) atoms. The Hall–Kier alpha value is -0.740. The zero-order valence-corrected chi connectivity index (χ0v) is 11.7. The van der Waals surface area contributed by atoms with E-state index < -0.39 is 0 Å². The van der Waals surface area contributed by atoms with E-state index >= 15 is 0 Å². The normalized spacial score (nSPS) is 14.9. The fraction of sp³-hybridized carbons (Fsp3) is 0.500. The topological polar surface area (TPSA) is 21.7 Å². The highest BCUT2D eigenvalue weighted by molar-refractivity contribution is 8.93. The molecule has 0 saturated carbocycles. The summed E-state index contributed by atoms with van der Waals surface area (Å²) in [7, 11) is 5.50. The molecule has 1 aromatic rings. The molecule has 0 aliphatic carbocycles. The van der Waals surface area contributed by atoms with Gasteiger partial charge in [0.15, 0.2) is 11.5 Å². The Morgan fingerprint density at radius 2 is 1.62 bits per heavy atom. The molecule has 1 aliphatic heterocycles. The number of fused-ring (bicyclic) bond motifs is 1. The Bertz CT molecular complexity index is 368. The van der Waals surface area contributed by atoms with E-state index in [0.29, 0.717) is 0 Å². The number of hydrogen-bond acceptors (Lipinski definition) is 3. The Morgan fingerprint density at radius 1 is 1.06 bits per heavy atom. The van der Waals surface area contributed by atoms with Gasteiger partial charge in [0.05, 0.1) is 14.2 Å². The van der Waals surface area contributed by atoms with Crippen molar-refractivity contribution in [1.82, 2.24) is 4.90 Å².